The molecule has 1 aromatic heterocycles. The van der Waals surface area contributed by atoms with E-state index in [0.29, 0.717) is 11.6 Å². The highest BCUT2D eigenvalue weighted by Gasteiger charge is 2.19. The second kappa shape index (κ2) is 6.89. The van der Waals surface area contributed by atoms with Crippen molar-refractivity contribution in [3.05, 3.63) is 33.2 Å². The molecule has 1 aliphatic carbocycles. The molecule has 0 amide bonds. The van der Waals surface area contributed by atoms with E-state index in [-0.39, 0.29) is 5.56 Å². The van der Waals surface area contributed by atoms with Gasteiger partial charge in [0.2, 0.25) is 0 Å². The molecule has 0 spiro atoms. The zero-order chi connectivity index (χ0) is 13.7. The lowest BCUT2D eigenvalue weighted by Gasteiger charge is -2.25. The second-order valence-corrected chi connectivity index (χ2v) is 5.79. The number of anilines is 1. The average Bonchev–Trinajstić information content (AvgIpc) is 2.35. The zero-order valence-corrected chi connectivity index (χ0v) is 12.8. The Morgan fingerprint density at radius 1 is 1.58 bits per heavy atom. The van der Waals surface area contributed by atoms with Crippen LogP contribution >= 0.6 is 15.9 Å². The maximum Gasteiger partial charge on any atom is 0.291 e. The lowest BCUT2D eigenvalue weighted by Crippen LogP contribution is -2.31. The number of halogens is 1. The zero-order valence-electron chi connectivity index (χ0n) is 11.2. The molecule has 1 saturated carbocycles. The van der Waals surface area contributed by atoms with Crippen molar-refractivity contribution in [2.45, 2.75) is 39.2 Å². The largest absolute Gasteiger partial charge is 0.379 e. The first-order chi connectivity index (χ1) is 9.22. The van der Waals surface area contributed by atoms with Gasteiger partial charge in [-0.2, -0.15) is 5.10 Å². The molecule has 104 valence electrons. The number of hydrogen-bond acceptors (Lipinski definition) is 3. The summed E-state index contributed by atoms with van der Waals surface area (Å²) in [5, 5.41) is 7.40. The summed E-state index contributed by atoms with van der Waals surface area (Å²) >= 11 is 3.39. The van der Waals surface area contributed by atoms with E-state index >= 15 is 0 Å². The van der Waals surface area contributed by atoms with Crippen LogP contribution in [0.3, 0.4) is 0 Å². The van der Waals surface area contributed by atoms with Crippen LogP contribution < -0.4 is 10.9 Å². The third-order valence-corrected chi connectivity index (χ3v) is 4.10. The van der Waals surface area contributed by atoms with Gasteiger partial charge in [0.1, 0.15) is 5.69 Å². The minimum atomic E-state index is -0.0262. The van der Waals surface area contributed by atoms with Crippen molar-refractivity contribution < 1.29 is 0 Å². The quantitative estimate of drug-likeness (QED) is 0.645. The Morgan fingerprint density at radius 3 is 3.00 bits per heavy atom. The van der Waals surface area contributed by atoms with Gasteiger partial charge < -0.3 is 5.32 Å². The van der Waals surface area contributed by atoms with E-state index in [2.05, 4.69) is 32.4 Å². The summed E-state index contributed by atoms with van der Waals surface area (Å²) in [6.45, 7) is 3.50. The van der Waals surface area contributed by atoms with Gasteiger partial charge in [-0.05, 0) is 48.0 Å². The average molecular weight is 326 g/mol. The second-order valence-electron chi connectivity index (χ2n) is 4.94. The first kappa shape index (κ1) is 14.3. The Hall–Kier alpha value is -1.10. The standard InChI is InChI=1S/C14H20BrN3O/c1-2-3-4-8-16-13-12(15)9-17-18(14(13)19)10-11-6-5-7-11/h2-3,9,11,16H,4-8,10H2,1H3/b3-2+. The Kier molecular flexibility index (Phi) is 5.19. The molecule has 0 atom stereocenters. The minimum absolute atomic E-state index is 0.0262. The molecule has 0 aliphatic heterocycles. The summed E-state index contributed by atoms with van der Waals surface area (Å²) in [6.07, 6.45) is 10.4. The number of aromatic nitrogens is 2. The topological polar surface area (TPSA) is 46.9 Å². The fourth-order valence-electron chi connectivity index (χ4n) is 2.13. The van der Waals surface area contributed by atoms with Crippen molar-refractivity contribution in [2.24, 2.45) is 5.92 Å². The Bertz CT molecular complexity index is 506. The third-order valence-electron chi connectivity index (χ3n) is 3.50. The van der Waals surface area contributed by atoms with Crippen LogP contribution in [0, 0.1) is 5.92 Å². The van der Waals surface area contributed by atoms with Crippen LogP contribution in [-0.4, -0.2) is 16.3 Å². The molecule has 0 bridgehead atoms. The van der Waals surface area contributed by atoms with Gasteiger partial charge in [0, 0.05) is 13.1 Å². The summed E-state index contributed by atoms with van der Waals surface area (Å²) < 4.78 is 2.33. The van der Waals surface area contributed by atoms with Crippen LogP contribution in [0.4, 0.5) is 5.69 Å². The normalized spacial score (nSPS) is 15.7. The molecule has 1 aromatic rings. The van der Waals surface area contributed by atoms with Crippen LogP contribution in [0.2, 0.25) is 0 Å². The van der Waals surface area contributed by atoms with Crippen LogP contribution in [0.1, 0.15) is 32.6 Å². The lowest BCUT2D eigenvalue weighted by molar-refractivity contribution is 0.262. The molecule has 0 aromatic carbocycles. The fourth-order valence-corrected chi connectivity index (χ4v) is 2.53. The van der Waals surface area contributed by atoms with Crippen molar-refractivity contribution >= 4 is 21.6 Å². The molecule has 5 heteroatoms. The summed E-state index contributed by atoms with van der Waals surface area (Å²) in [6, 6.07) is 0. The van der Waals surface area contributed by atoms with E-state index in [0.717, 1.165) is 24.0 Å². The molecule has 0 radical (unpaired) electrons. The van der Waals surface area contributed by atoms with Crippen molar-refractivity contribution in [1.82, 2.24) is 9.78 Å². The van der Waals surface area contributed by atoms with Crippen LogP contribution in [0.15, 0.2) is 27.6 Å². The van der Waals surface area contributed by atoms with Crippen LogP contribution in [-0.2, 0) is 6.54 Å². The number of nitrogens with zero attached hydrogens (tertiary/aromatic N) is 2. The Balaban J connectivity index is 2.07. The van der Waals surface area contributed by atoms with Crippen molar-refractivity contribution in [3.63, 3.8) is 0 Å². The van der Waals surface area contributed by atoms with Gasteiger partial charge in [-0.1, -0.05) is 18.6 Å². The summed E-state index contributed by atoms with van der Waals surface area (Å²) in [5.41, 5.74) is 0.598. The number of hydrogen-bond donors (Lipinski definition) is 1. The molecule has 1 fully saturated rings. The number of nitrogens with one attached hydrogen (secondary N) is 1. The molecule has 19 heavy (non-hydrogen) atoms. The van der Waals surface area contributed by atoms with Gasteiger partial charge in [0.15, 0.2) is 0 Å². The Labute approximate surface area is 122 Å². The molecule has 0 unspecified atom stereocenters. The molecule has 1 N–H and O–H groups in total. The van der Waals surface area contributed by atoms with Crippen LogP contribution in [0.25, 0.3) is 0 Å². The summed E-state index contributed by atoms with van der Waals surface area (Å²) in [5.74, 6) is 0.627. The number of rotatable bonds is 6. The predicted molar refractivity (Wildman–Crippen MR) is 81.5 cm³/mol. The van der Waals surface area contributed by atoms with Crippen molar-refractivity contribution in [3.8, 4) is 0 Å². The minimum Gasteiger partial charge on any atom is -0.379 e. The molecule has 1 heterocycles. The monoisotopic (exact) mass is 325 g/mol. The number of allylic oxidation sites excluding steroid dienone is 1. The van der Waals surface area contributed by atoms with Gasteiger partial charge in [-0.25, -0.2) is 4.68 Å². The highest BCUT2D eigenvalue weighted by molar-refractivity contribution is 9.10. The third kappa shape index (κ3) is 3.69. The van der Waals surface area contributed by atoms with E-state index in [9.17, 15) is 4.79 Å². The first-order valence-electron chi connectivity index (χ1n) is 6.83. The van der Waals surface area contributed by atoms with Crippen molar-refractivity contribution in [2.75, 3.05) is 11.9 Å². The fraction of sp³-hybridized carbons (Fsp3) is 0.571. The molecule has 2 rings (SSSR count). The lowest BCUT2D eigenvalue weighted by atomic mass is 9.85. The highest BCUT2D eigenvalue weighted by atomic mass is 79.9. The molecule has 0 saturated heterocycles. The smallest absolute Gasteiger partial charge is 0.291 e. The van der Waals surface area contributed by atoms with E-state index in [1.807, 2.05) is 13.0 Å². The SMILES string of the molecule is C/C=C/CCNc1c(Br)cnn(CC2CCC2)c1=O. The van der Waals surface area contributed by atoms with Gasteiger partial charge in [-0.3, -0.25) is 4.79 Å². The molecular formula is C14H20BrN3O. The van der Waals surface area contributed by atoms with Gasteiger partial charge in [0.05, 0.1) is 10.7 Å². The van der Waals surface area contributed by atoms with E-state index in [1.54, 1.807) is 10.9 Å². The maximum atomic E-state index is 12.3. The van der Waals surface area contributed by atoms with Crippen molar-refractivity contribution in [1.29, 1.82) is 0 Å². The van der Waals surface area contributed by atoms with Gasteiger partial charge in [-0.15, -0.1) is 0 Å². The summed E-state index contributed by atoms with van der Waals surface area (Å²) in [4.78, 5) is 12.3. The van der Waals surface area contributed by atoms with E-state index in [4.69, 9.17) is 0 Å². The molecular weight excluding hydrogens is 306 g/mol. The maximum absolute atomic E-state index is 12.3. The first-order valence-corrected chi connectivity index (χ1v) is 7.62. The highest BCUT2D eigenvalue weighted by Crippen LogP contribution is 2.27. The van der Waals surface area contributed by atoms with E-state index < -0.39 is 0 Å². The van der Waals surface area contributed by atoms with Gasteiger partial charge in [0.25, 0.3) is 5.56 Å². The predicted octanol–water partition coefficient (Wildman–Crippen LogP) is 3.18. The Morgan fingerprint density at radius 2 is 2.37 bits per heavy atom. The summed E-state index contributed by atoms with van der Waals surface area (Å²) in [7, 11) is 0. The molecule has 1 aliphatic rings. The van der Waals surface area contributed by atoms with Crippen LogP contribution in [0.5, 0.6) is 0 Å². The van der Waals surface area contributed by atoms with E-state index in [1.165, 1.54) is 19.3 Å². The molecule has 4 nitrogen and oxygen atoms in total. The van der Waals surface area contributed by atoms with Gasteiger partial charge >= 0.3 is 0 Å².